The lowest BCUT2D eigenvalue weighted by Gasteiger charge is -2.22. The van der Waals surface area contributed by atoms with E-state index in [0.29, 0.717) is 6.61 Å². The molecule has 2 aliphatic rings. The summed E-state index contributed by atoms with van der Waals surface area (Å²) in [7, 11) is -0.687. The Morgan fingerprint density at radius 1 is 1.31 bits per heavy atom. The van der Waals surface area contributed by atoms with Gasteiger partial charge in [0.2, 0.25) is 0 Å². The normalized spacial score (nSPS) is 35.1. The van der Waals surface area contributed by atoms with E-state index in [1.54, 1.807) is 0 Å². The predicted molar refractivity (Wildman–Crippen MR) is 67.8 cm³/mol. The van der Waals surface area contributed by atoms with Crippen LogP contribution in [0, 0.1) is 0 Å². The molecule has 0 aromatic heterocycles. The maximum absolute atomic E-state index is 11.8. The summed E-state index contributed by atoms with van der Waals surface area (Å²) in [5.41, 5.74) is 1.44. The highest BCUT2D eigenvalue weighted by Gasteiger charge is 2.36. The molecule has 1 aliphatic carbocycles. The molecule has 2 fully saturated rings. The number of ether oxygens (including phenoxy) is 1. The van der Waals surface area contributed by atoms with Crippen LogP contribution >= 0.6 is 0 Å². The van der Waals surface area contributed by atoms with Gasteiger partial charge in [-0.2, -0.15) is 0 Å². The lowest BCUT2D eigenvalue weighted by molar-refractivity contribution is 0.210. The van der Waals surface area contributed by atoms with Crippen molar-refractivity contribution in [2.24, 2.45) is 0 Å². The molecule has 16 heavy (non-hydrogen) atoms. The smallest absolute Gasteiger partial charge is 0.104 e. The van der Waals surface area contributed by atoms with E-state index in [-0.39, 0.29) is 4.75 Å². The van der Waals surface area contributed by atoms with E-state index in [9.17, 15) is 4.21 Å². The van der Waals surface area contributed by atoms with Crippen LogP contribution in [0.5, 0.6) is 0 Å². The van der Waals surface area contributed by atoms with Crippen molar-refractivity contribution in [1.82, 2.24) is 0 Å². The standard InChI is InChI=1S/C13H22O2S/c1-13(8-5-9-16(13)14)11-15-10-12-6-3-2-4-7-12/h10H,2-9,11H2,1H3. The van der Waals surface area contributed by atoms with Crippen molar-refractivity contribution >= 4 is 10.8 Å². The largest absolute Gasteiger partial charge is 0.500 e. The molecule has 0 aromatic carbocycles. The molecule has 3 heteroatoms. The summed E-state index contributed by atoms with van der Waals surface area (Å²) < 4.78 is 17.4. The highest BCUT2D eigenvalue weighted by Crippen LogP contribution is 2.29. The van der Waals surface area contributed by atoms with E-state index in [2.05, 4.69) is 6.92 Å². The fraction of sp³-hybridized carbons (Fsp3) is 0.846. The fourth-order valence-corrected chi connectivity index (χ4v) is 4.01. The van der Waals surface area contributed by atoms with Crippen LogP contribution in [0.2, 0.25) is 0 Å². The van der Waals surface area contributed by atoms with E-state index >= 15 is 0 Å². The average molecular weight is 242 g/mol. The first-order chi connectivity index (χ1) is 7.71. The van der Waals surface area contributed by atoms with Crippen molar-refractivity contribution in [2.45, 2.75) is 56.6 Å². The molecule has 2 unspecified atom stereocenters. The molecule has 1 saturated heterocycles. The van der Waals surface area contributed by atoms with Crippen LogP contribution in [0.25, 0.3) is 0 Å². The maximum atomic E-state index is 11.8. The van der Waals surface area contributed by atoms with E-state index in [1.165, 1.54) is 37.7 Å². The van der Waals surface area contributed by atoms with Crippen molar-refractivity contribution in [1.29, 1.82) is 0 Å². The Kier molecular flexibility index (Phi) is 4.06. The lowest BCUT2D eigenvalue weighted by Crippen LogP contribution is -2.31. The molecule has 1 aliphatic heterocycles. The molecule has 92 valence electrons. The Hall–Kier alpha value is -0.310. The zero-order chi connectivity index (χ0) is 11.4. The highest BCUT2D eigenvalue weighted by atomic mass is 32.2. The van der Waals surface area contributed by atoms with E-state index in [0.717, 1.165) is 18.6 Å². The summed E-state index contributed by atoms with van der Waals surface area (Å²) in [6, 6.07) is 0. The van der Waals surface area contributed by atoms with Gasteiger partial charge in [-0.1, -0.05) is 6.42 Å². The van der Waals surface area contributed by atoms with Crippen LogP contribution in [-0.2, 0) is 15.5 Å². The van der Waals surface area contributed by atoms with Gasteiger partial charge in [0, 0.05) is 16.6 Å². The zero-order valence-corrected chi connectivity index (χ0v) is 11.0. The first-order valence-electron chi connectivity index (χ1n) is 6.39. The van der Waals surface area contributed by atoms with Crippen LogP contribution in [0.1, 0.15) is 51.9 Å². The van der Waals surface area contributed by atoms with Crippen molar-refractivity contribution in [2.75, 3.05) is 12.4 Å². The molecule has 0 radical (unpaired) electrons. The SMILES string of the molecule is CC1(COC=C2CCCCC2)CCCS1=O. The van der Waals surface area contributed by atoms with Crippen molar-refractivity contribution in [3.8, 4) is 0 Å². The molecule has 2 nitrogen and oxygen atoms in total. The summed E-state index contributed by atoms with van der Waals surface area (Å²) in [6.07, 6.45) is 10.4. The lowest BCUT2D eigenvalue weighted by atomic mass is 9.96. The van der Waals surface area contributed by atoms with Crippen LogP contribution in [-0.4, -0.2) is 21.3 Å². The summed E-state index contributed by atoms with van der Waals surface area (Å²) in [5.74, 6) is 0.858. The molecular weight excluding hydrogens is 220 g/mol. The average Bonchev–Trinajstić information content (AvgIpc) is 2.61. The minimum absolute atomic E-state index is 0.0915. The molecule has 0 bridgehead atoms. The topological polar surface area (TPSA) is 26.3 Å². The van der Waals surface area contributed by atoms with Gasteiger partial charge >= 0.3 is 0 Å². The fourth-order valence-electron chi connectivity index (χ4n) is 2.53. The molecule has 1 saturated carbocycles. The van der Waals surface area contributed by atoms with Crippen LogP contribution in [0.3, 0.4) is 0 Å². The predicted octanol–water partition coefficient (Wildman–Crippen LogP) is 3.15. The number of allylic oxidation sites excluding steroid dienone is 1. The van der Waals surface area contributed by atoms with Gasteiger partial charge in [0.25, 0.3) is 0 Å². The molecule has 0 aromatic rings. The van der Waals surface area contributed by atoms with Gasteiger partial charge < -0.3 is 4.74 Å². The van der Waals surface area contributed by atoms with Crippen molar-refractivity contribution < 1.29 is 8.95 Å². The quantitative estimate of drug-likeness (QED) is 0.711. The third-order valence-electron chi connectivity index (χ3n) is 3.72. The van der Waals surface area contributed by atoms with Gasteiger partial charge in [0.1, 0.15) is 6.61 Å². The second-order valence-corrected chi connectivity index (χ2v) is 7.34. The minimum atomic E-state index is -0.687. The monoisotopic (exact) mass is 242 g/mol. The van der Waals surface area contributed by atoms with Gasteiger partial charge in [-0.3, -0.25) is 4.21 Å². The van der Waals surface area contributed by atoms with Gasteiger partial charge in [-0.05, 0) is 51.0 Å². The highest BCUT2D eigenvalue weighted by molar-refractivity contribution is 7.86. The number of hydrogen-bond acceptors (Lipinski definition) is 2. The molecule has 0 N–H and O–H groups in total. The van der Waals surface area contributed by atoms with Crippen LogP contribution in [0.4, 0.5) is 0 Å². The molecule has 2 rings (SSSR count). The second kappa shape index (κ2) is 5.35. The molecule has 0 amide bonds. The minimum Gasteiger partial charge on any atom is -0.500 e. The van der Waals surface area contributed by atoms with Gasteiger partial charge in [-0.25, -0.2) is 0 Å². The third-order valence-corrected chi connectivity index (χ3v) is 5.80. The van der Waals surface area contributed by atoms with E-state index in [4.69, 9.17) is 4.74 Å². The first-order valence-corrected chi connectivity index (χ1v) is 7.71. The van der Waals surface area contributed by atoms with Crippen LogP contribution in [0.15, 0.2) is 11.8 Å². The maximum Gasteiger partial charge on any atom is 0.104 e. The molecule has 1 heterocycles. The summed E-state index contributed by atoms with van der Waals surface area (Å²) >= 11 is 0. The number of hydrogen-bond donors (Lipinski definition) is 0. The second-order valence-electron chi connectivity index (χ2n) is 5.25. The Morgan fingerprint density at radius 2 is 2.06 bits per heavy atom. The molecule has 2 atom stereocenters. The van der Waals surface area contributed by atoms with Crippen LogP contribution < -0.4 is 0 Å². The first kappa shape index (κ1) is 12.2. The van der Waals surface area contributed by atoms with E-state index in [1.807, 2.05) is 6.26 Å². The summed E-state index contributed by atoms with van der Waals surface area (Å²) in [4.78, 5) is 0. The van der Waals surface area contributed by atoms with Crippen molar-refractivity contribution in [3.63, 3.8) is 0 Å². The van der Waals surface area contributed by atoms with Gasteiger partial charge in [-0.15, -0.1) is 0 Å². The Balaban J connectivity index is 1.80. The van der Waals surface area contributed by atoms with E-state index < -0.39 is 10.8 Å². The summed E-state index contributed by atoms with van der Waals surface area (Å²) in [5, 5.41) is 0. The van der Waals surface area contributed by atoms with Gasteiger partial charge in [0.05, 0.1) is 11.0 Å². The Morgan fingerprint density at radius 3 is 2.69 bits per heavy atom. The molecule has 0 spiro atoms. The Bertz CT molecular complexity index is 290. The molecular formula is C13H22O2S. The summed E-state index contributed by atoms with van der Waals surface area (Å²) in [6.45, 7) is 2.72. The van der Waals surface area contributed by atoms with Gasteiger partial charge in [0.15, 0.2) is 0 Å². The Labute approximate surface area is 101 Å². The van der Waals surface area contributed by atoms with Crippen molar-refractivity contribution in [3.05, 3.63) is 11.8 Å². The third kappa shape index (κ3) is 2.88. The number of rotatable bonds is 3. The zero-order valence-electron chi connectivity index (χ0n) is 10.2.